The highest BCUT2D eigenvalue weighted by Crippen LogP contribution is 2.29. The molecule has 116 valence electrons. The second-order valence-electron chi connectivity index (χ2n) is 4.31. The molecule has 0 fully saturated rings. The smallest absolute Gasteiger partial charge is 0.314 e. The van der Waals surface area contributed by atoms with Gasteiger partial charge in [0.1, 0.15) is 0 Å². The van der Waals surface area contributed by atoms with Gasteiger partial charge >= 0.3 is 11.7 Å². The first kappa shape index (κ1) is 16.9. The first-order valence-corrected chi connectivity index (χ1v) is 6.77. The molecule has 0 aliphatic heterocycles. The van der Waals surface area contributed by atoms with E-state index >= 15 is 0 Å². The molecule has 0 amide bonds. The predicted octanol–water partition coefficient (Wildman–Crippen LogP) is 3.24. The van der Waals surface area contributed by atoms with Crippen LogP contribution in [0.15, 0.2) is 18.2 Å². The average Bonchev–Trinajstić information content (AvgIpc) is 2.44. The highest BCUT2D eigenvalue weighted by molar-refractivity contribution is 5.69. The normalized spacial score (nSPS) is 10.2. The summed E-state index contributed by atoms with van der Waals surface area (Å²) in [5.74, 6) is -1.34. The van der Waals surface area contributed by atoms with Crippen LogP contribution in [0.2, 0.25) is 0 Å². The minimum atomic E-state index is -0.754. The van der Waals surface area contributed by atoms with Crippen LogP contribution in [-0.2, 0) is 9.53 Å². The number of nitrogens with zero attached hydrogens (tertiary/aromatic N) is 1. The second kappa shape index (κ2) is 8.89. The molecule has 0 atom stereocenters. The molecule has 0 aliphatic rings. The van der Waals surface area contributed by atoms with Crippen molar-refractivity contribution in [3.8, 4) is 5.75 Å². The van der Waals surface area contributed by atoms with E-state index in [1.54, 1.807) is 6.92 Å². The van der Waals surface area contributed by atoms with Crippen molar-refractivity contribution in [2.45, 2.75) is 32.6 Å². The Bertz CT molecular complexity index is 492. The Labute approximate surface area is 122 Å². The van der Waals surface area contributed by atoms with Crippen molar-refractivity contribution in [2.24, 2.45) is 0 Å². The van der Waals surface area contributed by atoms with Gasteiger partial charge in [-0.2, -0.15) is 0 Å². The van der Waals surface area contributed by atoms with E-state index in [2.05, 4.69) is 0 Å². The van der Waals surface area contributed by atoms with Gasteiger partial charge in [-0.3, -0.25) is 14.9 Å². The van der Waals surface area contributed by atoms with E-state index in [-0.39, 0.29) is 24.0 Å². The molecule has 6 nitrogen and oxygen atoms in total. The van der Waals surface area contributed by atoms with Gasteiger partial charge in [0.25, 0.3) is 0 Å². The van der Waals surface area contributed by atoms with Crippen LogP contribution in [0.5, 0.6) is 5.75 Å². The number of unbranched alkanes of at least 4 members (excludes halogenated alkanes) is 2. The van der Waals surface area contributed by atoms with E-state index in [0.29, 0.717) is 32.3 Å². The molecule has 0 N–H and O–H groups in total. The number of hydrogen-bond acceptors (Lipinski definition) is 5. The second-order valence-corrected chi connectivity index (χ2v) is 4.31. The minimum absolute atomic E-state index is 0.157. The van der Waals surface area contributed by atoms with Crippen LogP contribution in [0.4, 0.5) is 10.1 Å². The number of carbonyl (C=O) groups is 1. The molecule has 0 saturated carbocycles. The van der Waals surface area contributed by atoms with E-state index in [9.17, 15) is 19.3 Å². The molecule has 0 saturated heterocycles. The predicted molar refractivity (Wildman–Crippen MR) is 73.7 cm³/mol. The number of rotatable bonds is 9. The van der Waals surface area contributed by atoms with E-state index in [1.165, 1.54) is 12.1 Å². The molecule has 0 bridgehead atoms. The number of esters is 1. The number of benzene rings is 1. The van der Waals surface area contributed by atoms with Gasteiger partial charge in [-0.1, -0.05) is 6.07 Å². The molecule has 7 heteroatoms. The topological polar surface area (TPSA) is 78.7 Å². The van der Waals surface area contributed by atoms with Gasteiger partial charge in [-0.15, -0.1) is 0 Å². The first-order valence-electron chi connectivity index (χ1n) is 6.77. The number of halogens is 1. The van der Waals surface area contributed by atoms with Gasteiger partial charge in [0.2, 0.25) is 5.75 Å². The van der Waals surface area contributed by atoms with E-state index in [0.717, 1.165) is 6.07 Å². The Kier molecular flexibility index (Phi) is 7.14. The standard InChI is InChI=1S/C14H18FNO5/c1-2-20-13(17)9-4-3-5-10-21-14-11(15)7-6-8-12(14)16(18)19/h6-8H,2-5,9-10H2,1H3. The molecule has 1 aromatic carbocycles. The number of hydrogen-bond donors (Lipinski definition) is 0. The first-order chi connectivity index (χ1) is 10.1. The van der Waals surface area contributed by atoms with Crippen LogP contribution < -0.4 is 4.74 Å². The SMILES string of the molecule is CCOC(=O)CCCCCOc1c(F)cccc1[N+](=O)[O-]. The lowest BCUT2D eigenvalue weighted by Crippen LogP contribution is -2.05. The number of ether oxygens (including phenoxy) is 2. The van der Waals surface area contributed by atoms with Crippen LogP contribution in [0.3, 0.4) is 0 Å². The van der Waals surface area contributed by atoms with Crippen molar-refractivity contribution in [3.63, 3.8) is 0 Å². The van der Waals surface area contributed by atoms with E-state index in [4.69, 9.17) is 9.47 Å². The molecule has 1 aromatic rings. The number of para-hydroxylation sites is 1. The van der Waals surface area contributed by atoms with Gasteiger partial charge in [0, 0.05) is 12.5 Å². The van der Waals surface area contributed by atoms with Gasteiger partial charge in [-0.05, 0) is 32.3 Å². The van der Waals surface area contributed by atoms with Crippen molar-refractivity contribution in [1.82, 2.24) is 0 Å². The zero-order valence-corrected chi connectivity index (χ0v) is 11.8. The fraction of sp³-hybridized carbons (Fsp3) is 0.500. The zero-order valence-electron chi connectivity index (χ0n) is 11.8. The van der Waals surface area contributed by atoms with Crippen LogP contribution in [-0.4, -0.2) is 24.1 Å². The summed E-state index contributed by atoms with van der Waals surface area (Å²) in [5, 5.41) is 10.8. The van der Waals surface area contributed by atoms with Gasteiger partial charge in [-0.25, -0.2) is 4.39 Å². The lowest BCUT2D eigenvalue weighted by molar-refractivity contribution is -0.386. The lowest BCUT2D eigenvalue weighted by atomic mass is 10.2. The molecule has 0 heterocycles. The third-order valence-corrected chi connectivity index (χ3v) is 2.72. The zero-order chi connectivity index (χ0) is 15.7. The largest absolute Gasteiger partial charge is 0.485 e. The molecule has 0 unspecified atom stereocenters. The Balaban J connectivity index is 2.33. The Morgan fingerprint density at radius 3 is 2.76 bits per heavy atom. The van der Waals surface area contributed by atoms with E-state index < -0.39 is 10.7 Å². The average molecular weight is 299 g/mol. The van der Waals surface area contributed by atoms with Crippen LogP contribution in [0, 0.1) is 15.9 Å². The number of carbonyl (C=O) groups excluding carboxylic acids is 1. The van der Waals surface area contributed by atoms with Crippen molar-refractivity contribution < 1.29 is 23.6 Å². The molecule has 0 aromatic heterocycles. The van der Waals surface area contributed by atoms with Crippen molar-refractivity contribution in [2.75, 3.05) is 13.2 Å². The van der Waals surface area contributed by atoms with Crippen molar-refractivity contribution >= 4 is 11.7 Å². The summed E-state index contributed by atoms with van der Waals surface area (Å²) < 4.78 is 23.4. The molecule has 21 heavy (non-hydrogen) atoms. The molecular formula is C14H18FNO5. The summed E-state index contributed by atoms with van der Waals surface area (Å²) in [7, 11) is 0. The van der Waals surface area contributed by atoms with Crippen LogP contribution >= 0.6 is 0 Å². The van der Waals surface area contributed by atoms with Crippen molar-refractivity contribution in [1.29, 1.82) is 0 Å². The maximum Gasteiger partial charge on any atom is 0.314 e. The summed E-state index contributed by atoms with van der Waals surface area (Å²) in [5.41, 5.74) is -0.387. The lowest BCUT2D eigenvalue weighted by Gasteiger charge is -2.07. The highest BCUT2D eigenvalue weighted by Gasteiger charge is 2.18. The summed E-state index contributed by atoms with van der Waals surface area (Å²) in [4.78, 5) is 21.2. The van der Waals surface area contributed by atoms with Crippen LogP contribution in [0.25, 0.3) is 0 Å². The molecule has 0 aliphatic carbocycles. The van der Waals surface area contributed by atoms with Crippen molar-refractivity contribution in [3.05, 3.63) is 34.1 Å². The number of nitro groups is 1. The fourth-order valence-corrected chi connectivity index (χ4v) is 1.74. The minimum Gasteiger partial charge on any atom is -0.485 e. The monoisotopic (exact) mass is 299 g/mol. The Morgan fingerprint density at radius 2 is 2.10 bits per heavy atom. The fourth-order valence-electron chi connectivity index (χ4n) is 1.74. The summed E-state index contributed by atoms with van der Waals surface area (Å²) in [6.07, 6.45) is 2.24. The highest BCUT2D eigenvalue weighted by atomic mass is 19.1. The van der Waals surface area contributed by atoms with Gasteiger partial charge < -0.3 is 9.47 Å². The van der Waals surface area contributed by atoms with Gasteiger partial charge in [0.05, 0.1) is 18.1 Å². The quantitative estimate of drug-likeness (QED) is 0.303. The molecular weight excluding hydrogens is 281 g/mol. The third-order valence-electron chi connectivity index (χ3n) is 2.72. The Morgan fingerprint density at radius 1 is 1.33 bits per heavy atom. The maximum atomic E-state index is 13.5. The molecule has 1 rings (SSSR count). The van der Waals surface area contributed by atoms with E-state index in [1.807, 2.05) is 0 Å². The molecule has 0 radical (unpaired) electrons. The maximum absolute atomic E-state index is 13.5. The van der Waals surface area contributed by atoms with Gasteiger partial charge in [0.15, 0.2) is 5.82 Å². The molecule has 0 spiro atoms. The summed E-state index contributed by atoms with van der Waals surface area (Å²) >= 11 is 0. The number of nitro benzene ring substituents is 1. The Hall–Kier alpha value is -2.18. The third kappa shape index (κ3) is 5.76. The summed E-state index contributed by atoms with van der Waals surface area (Å²) in [6, 6.07) is 3.57. The summed E-state index contributed by atoms with van der Waals surface area (Å²) in [6.45, 7) is 2.26. The van der Waals surface area contributed by atoms with Crippen LogP contribution in [0.1, 0.15) is 32.6 Å².